The average molecular weight is 316 g/mol. The summed E-state index contributed by atoms with van der Waals surface area (Å²) in [7, 11) is 0. The van der Waals surface area contributed by atoms with Gasteiger partial charge in [0.25, 0.3) is 0 Å². The third kappa shape index (κ3) is 2.85. The second-order valence-corrected chi connectivity index (χ2v) is 7.02. The first-order valence-electron chi connectivity index (χ1n) is 7.83. The summed E-state index contributed by atoms with van der Waals surface area (Å²) in [4.78, 5) is 16.3. The van der Waals surface area contributed by atoms with Crippen LogP contribution in [-0.4, -0.2) is 34.6 Å². The van der Waals surface area contributed by atoms with Crippen molar-refractivity contribution in [3.63, 3.8) is 0 Å². The van der Waals surface area contributed by atoms with Gasteiger partial charge in [-0.2, -0.15) is 0 Å². The molecule has 2 aromatic heterocycles. The minimum atomic E-state index is 0.0482. The maximum Gasteiger partial charge on any atom is 0.134 e. The summed E-state index contributed by atoms with van der Waals surface area (Å²) in [5, 5.41) is 3.15. The molecule has 2 aromatic rings. The highest BCUT2D eigenvalue weighted by atomic mass is 32.1. The highest BCUT2D eigenvalue weighted by Gasteiger charge is 2.29. The van der Waals surface area contributed by atoms with Crippen molar-refractivity contribution in [1.29, 1.82) is 0 Å². The lowest BCUT2D eigenvalue weighted by atomic mass is 10.2. The van der Waals surface area contributed by atoms with Crippen molar-refractivity contribution >= 4 is 17.2 Å². The lowest BCUT2D eigenvalue weighted by molar-refractivity contribution is 0.0393. The molecule has 1 atom stereocenters. The lowest BCUT2D eigenvalue weighted by Gasteiger charge is -2.33. The Labute approximate surface area is 134 Å². The molecule has 2 fully saturated rings. The minimum Gasteiger partial charge on any atom is -0.367 e. The predicted molar refractivity (Wildman–Crippen MR) is 86.5 cm³/mol. The van der Waals surface area contributed by atoms with Crippen LogP contribution < -0.4 is 4.90 Å². The van der Waals surface area contributed by atoms with Gasteiger partial charge in [0, 0.05) is 35.3 Å². The van der Waals surface area contributed by atoms with Gasteiger partial charge in [0.05, 0.1) is 13.2 Å². The Bertz CT molecular complexity index is 683. The molecular formula is C16H20N4OS. The van der Waals surface area contributed by atoms with Crippen molar-refractivity contribution in [3.8, 4) is 0 Å². The maximum atomic E-state index is 5.91. The van der Waals surface area contributed by atoms with Gasteiger partial charge >= 0.3 is 0 Å². The molecule has 22 heavy (non-hydrogen) atoms. The van der Waals surface area contributed by atoms with Crippen LogP contribution in [-0.2, 0) is 4.74 Å². The number of aryl methyl sites for hydroxylation is 2. The Morgan fingerprint density at radius 2 is 2.05 bits per heavy atom. The molecule has 4 rings (SSSR count). The number of morpholine rings is 1. The summed E-state index contributed by atoms with van der Waals surface area (Å²) in [5.74, 6) is 2.64. The van der Waals surface area contributed by atoms with Crippen LogP contribution in [0.2, 0.25) is 0 Å². The molecule has 1 aliphatic heterocycles. The maximum absolute atomic E-state index is 5.91. The van der Waals surface area contributed by atoms with E-state index in [9.17, 15) is 0 Å². The van der Waals surface area contributed by atoms with Gasteiger partial charge in [-0.1, -0.05) is 0 Å². The standard InChI is InChI=1S/C16H20N4OS/c1-10-7-14(19-15(17-10)12-3-4-12)20-5-6-21-13(8-20)16-18-11(2)9-22-16/h7,9,12-13H,3-6,8H2,1-2H3. The van der Waals surface area contributed by atoms with E-state index >= 15 is 0 Å². The molecule has 0 amide bonds. The summed E-state index contributed by atoms with van der Waals surface area (Å²) in [6.45, 7) is 6.48. The molecule has 0 aromatic carbocycles. The van der Waals surface area contributed by atoms with Gasteiger partial charge in [-0.3, -0.25) is 0 Å². The number of rotatable bonds is 3. The summed E-state index contributed by atoms with van der Waals surface area (Å²) < 4.78 is 5.91. The Morgan fingerprint density at radius 1 is 1.18 bits per heavy atom. The summed E-state index contributed by atoms with van der Waals surface area (Å²) in [5.41, 5.74) is 2.12. The molecule has 0 spiro atoms. The van der Waals surface area contributed by atoms with Crippen LogP contribution in [0.1, 0.15) is 47.1 Å². The first-order chi connectivity index (χ1) is 10.7. The van der Waals surface area contributed by atoms with Gasteiger partial charge in [-0.05, 0) is 26.7 Å². The zero-order valence-electron chi connectivity index (χ0n) is 13.0. The summed E-state index contributed by atoms with van der Waals surface area (Å²) in [6.07, 6.45) is 2.51. The second kappa shape index (κ2) is 5.59. The highest BCUT2D eigenvalue weighted by Crippen LogP contribution is 2.39. The molecule has 0 radical (unpaired) electrons. The third-order valence-corrected chi connectivity index (χ3v) is 5.16. The Hall–Kier alpha value is -1.53. The fourth-order valence-corrected chi connectivity index (χ4v) is 3.62. The molecule has 1 unspecified atom stereocenters. The molecule has 5 nitrogen and oxygen atoms in total. The van der Waals surface area contributed by atoms with Gasteiger partial charge < -0.3 is 9.64 Å². The molecule has 2 aliphatic rings. The molecule has 1 saturated carbocycles. The number of anilines is 1. The van der Waals surface area contributed by atoms with E-state index in [1.807, 2.05) is 6.92 Å². The van der Waals surface area contributed by atoms with Crippen LogP contribution in [0.25, 0.3) is 0 Å². The number of thiazole rings is 1. The van der Waals surface area contributed by atoms with Gasteiger partial charge in [0.2, 0.25) is 0 Å². The Morgan fingerprint density at radius 3 is 2.77 bits per heavy atom. The summed E-state index contributed by atoms with van der Waals surface area (Å²) >= 11 is 1.68. The molecule has 3 heterocycles. The van der Waals surface area contributed by atoms with Crippen LogP contribution in [0.15, 0.2) is 11.4 Å². The van der Waals surface area contributed by atoms with Crippen molar-refractivity contribution in [1.82, 2.24) is 15.0 Å². The normalized spacial score (nSPS) is 22.1. The SMILES string of the molecule is Cc1cc(N2CCOC(c3nc(C)cs3)C2)nc(C2CC2)n1. The fourth-order valence-electron chi connectivity index (χ4n) is 2.79. The van der Waals surface area contributed by atoms with Crippen molar-refractivity contribution in [2.45, 2.75) is 38.7 Å². The first-order valence-corrected chi connectivity index (χ1v) is 8.71. The van der Waals surface area contributed by atoms with Gasteiger partial charge in [-0.25, -0.2) is 15.0 Å². The average Bonchev–Trinajstić information content (AvgIpc) is 3.29. The van der Waals surface area contributed by atoms with Crippen molar-refractivity contribution in [2.75, 3.05) is 24.6 Å². The van der Waals surface area contributed by atoms with E-state index in [4.69, 9.17) is 9.72 Å². The predicted octanol–water partition coefficient (Wildman–Crippen LogP) is 3.01. The van der Waals surface area contributed by atoms with Crippen molar-refractivity contribution in [2.24, 2.45) is 0 Å². The summed E-state index contributed by atoms with van der Waals surface area (Å²) in [6, 6.07) is 2.08. The molecule has 1 aliphatic carbocycles. The van der Waals surface area contributed by atoms with Gasteiger partial charge in [0.1, 0.15) is 22.8 Å². The van der Waals surface area contributed by atoms with E-state index < -0.39 is 0 Å². The van der Waals surface area contributed by atoms with E-state index in [2.05, 4.69) is 33.2 Å². The minimum absolute atomic E-state index is 0.0482. The van der Waals surface area contributed by atoms with E-state index in [1.54, 1.807) is 11.3 Å². The van der Waals surface area contributed by atoms with Gasteiger partial charge in [-0.15, -0.1) is 11.3 Å². The van der Waals surface area contributed by atoms with Crippen molar-refractivity contribution < 1.29 is 4.74 Å². The number of hydrogen-bond donors (Lipinski definition) is 0. The van der Waals surface area contributed by atoms with Crippen LogP contribution in [0.4, 0.5) is 5.82 Å². The number of aromatic nitrogens is 3. The molecule has 6 heteroatoms. The smallest absolute Gasteiger partial charge is 0.134 e. The third-order valence-electron chi connectivity index (χ3n) is 4.10. The molecule has 0 bridgehead atoms. The molecular weight excluding hydrogens is 296 g/mol. The second-order valence-electron chi connectivity index (χ2n) is 6.13. The quantitative estimate of drug-likeness (QED) is 0.871. The number of ether oxygens (including phenoxy) is 1. The van der Waals surface area contributed by atoms with Crippen LogP contribution in [0, 0.1) is 13.8 Å². The van der Waals surface area contributed by atoms with Crippen LogP contribution >= 0.6 is 11.3 Å². The monoisotopic (exact) mass is 316 g/mol. The van der Waals surface area contributed by atoms with E-state index in [-0.39, 0.29) is 6.10 Å². The largest absolute Gasteiger partial charge is 0.367 e. The topological polar surface area (TPSA) is 51.1 Å². The zero-order valence-corrected chi connectivity index (χ0v) is 13.8. The molecule has 116 valence electrons. The molecule has 1 saturated heterocycles. The lowest BCUT2D eigenvalue weighted by Crippen LogP contribution is -2.39. The van der Waals surface area contributed by atoms with Crippen LogP contribution in [0.5, 0.6) is 0 Å². The number of nitrogens with zero attached hydrogens (tertiary/aromatic N) is 4. The Kier molecular flexibility index (Phi) is 3.58. The Balaban J connectivity index is 1.57. The van der Waals surface area contributed by atoms with Crippen molar-refractivity contribution in [3.05, 3.63) is 33.7 Å². The fraction of sp³-hybridized carbons (Fsp3) is 0.562. The van der Waals surface area contributed by atoms with E-state index in [0.29, 0.717) is 12.5 Å². The molecule has 0 N–H and O–H groups in total. The van der Waals surface area contributed by atoms with Crippen LogP contribution in [0.3, 0.4) is 0 Å². The van der Waals surface area contributed by atoms with E-state index in [0.717, 1.165) is 41.1 Å². The van der Waals surface area contributed by atoms with Gasteiger partial charge in [0.15, 0.2) is 0 Å². The van der Waals surface area contributed by atoms with E-state index in [1.165, 1.54) is 12.8 Å². The zero-order chi connectivity index (χ0) is 15.1. The first kappa shape index (κ1) is 14.1. The highest BCUT2D eigenvalue weighted by molar-refractivity contribution is 7.09. The number of hydrogen-bond acceptors (Lipinski definition) is 6.